The van der Waals surface area contributed by atoms with Crippen LogP contribution in [0.25, 0.3) is 5.57 Å². The van der Waals surface area contributed by atoms with E-state index in [0.29, 0.717) is 28.6 Å². The Balaban J connectivity index is 1.73. The van der Waals surface area contributed by atoms with Crippen molar-refractivity contribution < 1.29 is 14.3 Å². The molecule has 0 bridgehead atoms. The van der Waals surface area contributed by atoms with Gasteiger partial charge in [-0.05, 0) is 60.8 Å². The van der Waals surface area contributed by atoms with Crippen LogP contribution in [-0.2, 0) is 9.59 Å². The van der Waals surface area contributed by atoms with E-state index in [4.69, 9.17) is 16.3 Å². The van der Waals surface area contributed by atoms with Gasteiger partial charge < -0.3 is 10.1 Å². The van der Waals surface area contributed by atoms with Gasteiger partial charge in [0.1, 0.15) is 11.4 Å². The molecule has 0 atom stereocenters. The summed E-state index contributed by atoms with van der Waals surface area (Å²) in [6.07, 6.45) is 0. The van der Waals surface area contributed by atoms with Crippen LogP contribution < -0.4 is 15.0 Å². The Morgan fingerprint density at radius 1 is 1.03 bits per heavy atom. The fraction of sp³-hybridized carbons (Fsp3) is 0.0909. The number of amides is 2. The lowest BCUT2D eigenvalue weighted by Crippen LogP contribution is -2.32. The monoisotopic (exact) mass is 424 g/mol. The van der Waals surface area contributed by atoms with Crippen molar-refractivity contribution >= 4 is 51.7 Å². The van der Waals surface area contributed by atoms with Crippen LogP contribution in [0.4, 0.5) is 11.4 Å². The van der Waals surface area contributed by atoms with Crippen LogP contribution in [0.1, 0.15) is 11.8 Å². The SMILES string of the molecule is CCOc1ccc(NC2=C(c3cccs3)C(=O)N(c3cccc(Cl)c3)C2=O)cc1. The quantitative estimate of drug-likeness (QED) is 0.553. The van der Waals surface area contributed by atoms with E-state index < -0.39 is 5.91 Å². The first kappa shape index (κ1) is 19.2. The first-order valence-corrected chi connectivity index (χ1v) is 10.3. The standard InChI is InChI=1S/C22H17ClN2O3S/c1-2-28-17-10-8-15(9-11-17)24-20-19(18-7-4-12-29-18)21(26)25(22(20)27)16-6-3-5-14(23)13-16/h3-13,24H,2H2,1H3. The van der Waals surface area contributed by atoms with Gasteiger partial charge in [-0.15, -0.1) is 11.3 Å². The second kappa shape index (κ2) is 8.11. The number of rotatable bonds is 6. The van der Waals surface area contributed by atoms with Gasteiger partial charge in [0.15, 0.2) is 0 Å². The maximum absolute atomic E-state index is 13.2. The van der Waals surface area contributed by atoms with Gasteiger partial charge in [0.05, 0.1) is 17.9 Å². The lowest BCUT2D eigenvalue weighted by molar-refractivity contribution is -0.120. The lowest BCUT2D eigenvalue weighted by Gasteiger charge is -2.15. The van der Waals surface area contributed by atoms with Gasteiger partial charge in [-0.1, -0.05) is 23.7 Å². The van der Waals surface area contributed by atoms with E-state index in [0.717, 1.165) is 15.5 Å². The fourth-order valence-corrected chi connectivity index (χ4v) is 4.04. The van der Waals surface area contributed by atoms with Crippen molar-refractivity contribution in [3.8, 4) is 5.75 Å². The number of carbonyl (C=O) groups is 2. The second-order valence-corrected chi connectivity index (χ2v) is 7.62. The molecule has 0 aliphatic carbocycles. The molecule has 1 aromatic heterocycles. The normalized spacial score (nSPS) is 13.9. The number of hydrogen-bond acceptors (Lipinski definition) is 5. The number of nitrogens with zero attached hydrogens (tertiary/aromatic N) is 1. The molecule has 0 unspecified atom stereocenters. The number of carbonyl (C=O) groups excluding carboxylic acids is 2. The number of thiophene rings is 1. The van der Waals surface area contributed by atoms with E-state index in [1.165, 1.54) is 11.3 Å². The Morgan fingerprint density at radius 2 is 1.83 bits per heavy atom. The minimum Gasteiger partial charge on any atom is -0.494 e. The molecule has 4 rings (SSSR count). The molecule has 3 aromatic rings. The topological polar surface area (TPSA) is 58.6 Å². The molecule has 0 fully saturated rings. The van der Waals surface area contributed by atoms with Crippen molar-refractivity contribution in [3.63, 3.8) is 0 Å². The molecular weight excluding hydrogens is 408 g/mol. The predicted molar refractivity (Wildman–Crippen MR) is 116 cm³/mol. The highest BCUT2D eigenvalue weighted by atomic mass is 35.5. The predicted octanol–water partition coefficient (Wildman–Crippen LogP) is 5.20. The zero-order valence-electron chi connectivity index (χ0n) is 15.5. The highest BCUT2D eigenvalue weighted by Crippen LogP contribution is 2.36. The summed E-state index contributed by atoms with van der Waals surface area (Å²) in [7, 11) is 0. The minimum absolute atomic E-state index is 0.238. The molecule has 1 aliphatic rings. The highest BCUT2D eigenvalue weighted by molar-refractivity contribution is 7.11. The summed E-state index contributed by atoms with van der Waals surface area (Å²) in [5.74, 6) is -0.0670. The van der Waals surface area contributed by atoms with E-state index in [2.05, 4.69) is 5.32 Å². The Hall–Kier alpha value is -3.09. The Kier molecular flexibility index (Phi) is 5.38. The number of ether oxygens (including phenoxy) is 1. The average molecular weight is 425 g/mol. The minimum atomic E-state index is -0.422. The summed E-state index contributed by atoms with van der Waals surface area (Å²) in [5, 5.41) is 5.45. The smallest absolute Gasteiger partial charge is 0.282 e. The van der Waals surface area contributed by atoms with Crippen molar-refractivity contribution in [2.75, 3.05) is 16.8 Å². The van der Waals surface area contributed by atoms with Crippen LogP contribution in [0, 0.1) is 0 Å². The summed E-state index contributed by atoms with van der Waals surface area (Å²) < 4.78 is 5.46. The van der Waals surface area contributed by atoms with Crippen LogP contribution >= 0.6 is 22.9 Å². The van der Waals surface area contributed by atoms with Gasteiger partial charge >= 0.3 is 0 Å². The van der Waals surface area contributed by atoms with Crippen molar-refractivity contribution in [3.05, 3.63) is 81.6 Å². The third-order valence-corrected chi connectivity index (χ3v) is 5.48. The fourth-order valence-electron chi connectivity index (χ4n) is 3.09. The Bertz CT molecular complexity index is 1090. The van der Waals surface area contributed by atoms with Gasteiger partial charge in [-0.3, -0.25) is 9.59 Å². The van der Waals surface area contributed by atoms with Gasteiger partial charge in [-0.25, -0.2) is 4.90 Å². The number of hydrogen-bond donors (Lipinski definition) is 1. The van der Waals surface area contributed by atoms with Crippen LogP contribution in [0.5, 0.6) is 5.75 Å². The molecule has 1 N–H and O–H groups in total. The second-order valence-electron chi connectivity index (χ2n) is 6.24. The zero-order chi connectivity index (χ0) is 20.4. The van der Waals surface area contributed by atoms with Crippen LogP contribution in [0.2, 0.25) is 5.02 Å². The highest BCUT2D eigenvalue weighted by Gasteiger charge is 2.40. The third-order valence-electron chi connectivity index (χ3n) is 4.35. The number of anilines is 2. The molecule has 0 radical (unpaired) electrons. The van der Waals surface area contributed by atoms with Crippen LogP contribution in [-0.4, -0.2) is 18.4 Å². The molecule has 7 heteroatoms. The molecule has 1 aliphatic heterocycles. The van der Waals surface area contributed by atoms with Crippen molar-refractivity contribution in [1.82, 2.24) is 0 Å². The summed E-state index contributed by atoms with van der Waals surface area (Å²) in [6.45, 7) is 2.49. The van der Waals surface area contributed by atoms with E-state index in [1.54, 1.807) is 24.3 Å². The Labute approximate surface area is 177 Å². The molecule has 0 spiro atoms. The van der Waals surface area contributed by atoms with E-state index in [-0.39, 0.29) is 11.6 Å². The average Bonchev–Trinajstić information content (AvgIpc) is 3.31. The summed E-state index contributed by atoms with van der Waals surface area (Å²) in [5.41, 5.74) is 1.71. The van der Waals surface area contributed by atoms with E-state index >= 15 is 0 Å². The van der Waals surface area contributed by atoms with E-state index in [1.807, 2.05) is 48.7 Å². The first-order chi connectivity index (χ1) is 14.1. The van der Waals surface area contributed by atoms with Gasteiger partial charge in [0, 0.05) is 15.6 Å². The molecule has 146 valence electrons. The molecule has 5 nitrogen and oxygen atoms in total. The zero-order valence-corrected chi connectivity index (χ0v) is 17.1. The number of imide groups is 1. The van der Waals surface area contributed by atoms with Crippen molar-refractivity contribution in [1.29, 1.82) is 0 Å². The molecule has 2 heterocycles. The first-order valence-electron chi connectivity index (χ1n) is 9.01. The van der Waals surface area contributed by atoms with Crippen LogP contribution in [0.3, 0.4) is 0 Å². The van der Waals surface area contributed by atoms with Gasteiger partial charge in [0.25, 0.3) is 11.8 Å². The summed E-state index contributed by atoms with van der Waals surface area (Å²) in [4.78, 5) is 28.3. The number of benzene rings is 2. The molecule has 0 saturated carbocycles. The summed E-state index contributed by atoms with van der Waals surface area (Å²) in [6, 6.07) is 17.6. The molecule has 0 saturated heterocycles. The number of nitrogens with one attached hydrogen (secondary N) is 1. The van der Waals surface area contributed by atoms with Crippen molar-refractivity contribution in [2.24, 2.45) is 0 Å². The van der Waals surface area contributed by atoms with Crippen molar-refractivity contribution in [2.45, 2.75) is 6.92 Å². The lowest BCUT2D eigenvalue weighted by atomic mass is 10.2. The van der Waals surface area contributed by atoms with Gasteiger partial charge in [0.2, 0.25) is 0 Å². The largest absolute Gasteiger partial charge is 0.494 e. The maximum atomic E-state index is 13.2. The van der Waals surface area contributed by atoms with Crippen LogP contribution in [0.15, 0.2) is 71.7 Å². The number of halogens is 1. The maximum Gasteiger partial charge on any atom is 0.282 e. The van der Waals surface area contributed by atoms with E-state index in [9.17, 15) is 9.59 Å². The molecule has 29 heavy (non-hydrogen) atoms. The third kappa shape index (κ3) is 3.77. The van der Waals surface area contributed by atoms with Gasteiger partial charge in [-0.2, -0.15) is 0 Å². The molecular formula is C22H17ClN2O3S. The Morgan fingerprint density at radius 3 is 2.48 bits per heavy atom. The summed E-state index contributed by atoms with van der Waals surface area (Å²) >= 11 is 7.48. The molecule has 2 aromatic carbocycles. The molecule has 2 amide bonds.